The molecule has 86 valence electrons. The van der Waals surface area contributed by atoms with Gasteiger partial charge in [-0.2, -0.15) is 0 Å². The first kappa shape index (κ1) is 11.0. The van der Waals surface area contributed by atoms with Gasteiger partial charge in [0.2, 0.25) is 6.41 Å². The van der Waals surface area contributed by atoms with Crippen LogP contribution in [0.5, 0.6) is 0 Å². The van der Waals surface area contributed by atoms with Crippen molar-refractivity contribution >= 4 is 23.5 Å². The van der Waals surface area contributed by atoms with Crippen molar-refractivity contribution < 1.29 is 4.79 Å². The van der Waals surface area contributed by atoms with Gasteiger partial charge < -0.3 is 16.8 Å². The molecule has 5 N–H and O–H groups in total. The number of nitrogens with two attached hydrogens (primary N) is 2. The number of benzene rings is 2. The Kier molecular flexibility index (Phi) is 2.96. The molecule has 0 unspecified atom stereocenters. The highest BCUT2D eigenvalue weighted by Crippen LogP contribution is 2.28. The van der Waals surface area contributed by atoms with Gasteiger partial charge >= 0.3 is 0 Å². The average molecular weight is 227 g/mol. The van der Waals surface area contributed by atoms with Crippen LogP contribution in [0.25, 0.3) is 11.1 Å². The van der Waals surface area contributed by atoms with Gasteiger partial charge in [-0.3, -0.25) is 4.79 Å². The second-order valence-corrected chi connectivity index (χ2v) is 3.69. The highest BCUT2D eigenvalue weighted by molar-refractivity contribution is 5.81. The van der Waals surface area contributed by atoms with E-state index in [1.165, 1.54) is 0 Å². The maximum absolute atomic E-state index is 10.3. The van der Waals surface area contributed by atoms with Gasteiger partial charge in [0.15, 0.2) is 0 Å². The third kappa shape index (κ3) is 2.36. The Labute approximate surface area is 99.2 Å². The van der Waals surface area contributed by atoms with Gasteiger partial charge in [-0.25, -0.2) is 0 Å². The van der Waals surface area contributed by atoms with Gasteiger partial charge in [0.05, 0.1) is 0 Å². The quantitative estimate of drug-likeness (QED) is 0.554. The molecular formula is C13H13N3O. The molecule has 0 aliphatic carbocycles. The zero-order valence-electron chi connectivity index (χ0n) is 9.18. The highest BCUT2D eigenvalue weighted by atomic mass is 16.1. The summed E-state index contributed by atoms with van der Waals surface area (Å²) in [7, 11) is 0. The molecule has 0 heterocycles. The average Bonchev–Trinajstić information content (AvgIpc) is 2.34. The Balaban J connectivity index is 2.39. The molecule has 0 spiro atoms. The minimum atomic E-state index is 0.643. The van der Waals surface area contributed by atoms with Crippen molar-refractivity contribution in [3.05, 3.63) is 42.5 Å². The van der Waals surface area contributed by atoms with Gasteiger partial charge in [-0.15, -0.1) is 0 Å². The second-order valence-electron chi connectivity index (χ2n) is 3.69. The summed E-state index contributed by atoms with van der Waals surface area (Å²) in [6, 6.07) is 12.8. The molecule has 0 bridgehead atoms. The van der Waals surface area contributed by atoms with Crippen molar-refractivity contribution in [3.8, 4) is 11.1 Å². The first-order chi connectivity index (χ1) is 8.20. The molecule has 0 aliphatic heterocycles. The number of amides is 1. The number of nitrogen functional groups attached to an aromatic ring is 2. The molecule has 0 aliphatic rings. The van der Waals surface area contributed by atoms with Crippen LogP contribution in [0, 0.1) is 0 Å². The molecule has 0 atom stereocenters. The fourth-order valence-electron chi connectivity index (χ4n) is 1.64. The van der Waals surface area contributed by atoms with Crippen LogP contribution in [0.2, 0.25) is 0 Å². The number of carbonyl (C=O) groups is 1. The van der Waals surface area contributed by atoms with Crippen molar-refractivity contribution in [2.45, 2.75) is 0 Å². The monoisotopic (exact) mass is 227 g/mol. The van der Waals surface area contributed by atoms with Gasteiger partial charge in [0.1, 0.15) is 0 Å². The van der Waals surface area contributed by atoms with Gasteiger partial charge in [-0.05, 0) is 35.9 Å². The van der Waals surface area contributed by atoms with E-state index in [1.54, 1.807) is 12.1 Å². The summed E-state index contributed by atoms with van der Waals surface area (Å²) in [5.41, 5.74) is 15.6. The number of rotatable bonds is 3. The Hall–Kier alpha value is -2.49. The Bertz CT molecular complexity index is 535. The van der Waals surface area contributed by atoms with Crippen molar-refractivity contribution in [2.75, 3.05) is 16.8 Å². The van der Waals surface area contributed by atoms with Crippen LogP contribution < -0.4 is 16.8 Å². The molecule has 0 radical (unpaired) electrons. The summed E-state index contributed by atoms with van der Waals surface area (Å²) in [5.74, 6) is 0. The molecule has 0 fully saturated rings. The molecule has 2 rings (SSSR count). The number of hydrogen-bond donors (Lipinski definition) is 3. The largest absolute Gasteiger partial charge is 0.399 e. The minimum absolute atomic E-state index is 0.643. The zero-order valence-corrected chi connectivity index (χ0v) is 9.18. The topological polar surface area (TPSA) is 81.1 Å². The standard InChI is InChI=1S/C13H13N3O/c14-10-3-6-13(15)12(7-10)9-1-4-11(5-2-9)16-8-17/h1-8H,14-15H2,(H,16,17). The number of hydrogen-bond acceptors (Lipinski definition) is 3. The van der Waals surface area contributed by atoms with E-state index in [0.717, 1.165) is 16.8 Å². The Morgan fingerprint density at radius 2 is 1.71 bits per heavy atom. The fourth-order valence-corrected chi connectivity index (χ4v) is 1.64. The highest BCUT2D eigenvalue weighted by Gasteiger charge is 2.03. The summed E-state index contributed by atoms with van der Waals surface area (Å²) in [5, 5.41) is 2.58. The predicted molar refractivity (Wildman–Crippen MR) is 70.4 cm³/mol. The maximum atomic E-state index is 10.3. The van der Waals surface area contributed by atoms with Crippen LogP contribution >= 0.6 is 0 Å². The van der Waals surface area contributed by atoms with Crippen LogP contribution in [0.15, 0.2) is 42.5 Å². The van der Waals surface area contributed by atoms with Crippen LogP contribution in [0.3, 0.4) is 0 Å². The summed E-state index contributed by atoms with van der Waals surface area (Å²) in [6.45, 7) is 0. The summed E-state index contributed by atoms with van der Waals surface area (Å²) in [6.07, 6.45) is 0.643. The zero-order chi connectivity index (χ0) is 12.3. The lowest BCUT2D eigenvalue weighted by Crippen LogP contribution is -1.95. The lowest BCUT2D eigenvalue weighted by atomic mass is 10.0. The second kappa shape index (κ2) is 4.57. The molecule has 4 nitrogen and oxygen atoms in total. The number of carbonyl (C=O) groups excluding carboxylic acids is 1. The van der Waals surface area contributed by atoms with E-state index in [0.29, 0.717) is 17.8 Å². The lowest BCUT2D eigenvalue weighted by Gasteiger charge is -2.07. The van der Waals surface area contributed by atoms with Gasteiger partial charge in [-0.1, -0.05) is 12.1 Å². The van der Waals surface area contributed by atoms with Crippen LogP contribution in [0.4, 0.5) is 17.1 Å². The van der Waals surface area contributed by atoms with E-state index in [2.05, 4.69) is 5.32 Å². The Morgan fingerprint density at radius 3 is 2.35 bits per heavy atom. The van der Waals surface area contributed by atoms with E-state index >= 15 is 0 Å². The van der Waals surface area contributed by atoms with E-state index in [4.69, 9.17) is 11.5 Å². The molecule has 0 saturated carbocycles. The number of anilines is 3. The lowest BCUT2D eigenvalue weighted by molar-refractivity contribution is -0.105. The molecule has 2 aromatic rings. The fraction of sp³-hybridized carbons (Fsp3) is 0. The molecule has 0 saturated heterocycles. The molecule has 0 aromatic heterocycles. The van der Waals surface area contributed by atoms with E-state index in [9.17, 15) is 4.79 Å². The van der Waals surface area contributed by atoms with Crippen LogP contribution in [-0.4, -0.2) is 6.41 Å². The van der Waals surface area contributed by atoms with Crippen molar-refractivity contribution in [3.63, 3.8) is 0 Å². The molecule has 1 amide bonds. The minimum Gasteiger partial charge on any atom is -0.399 e. The van der Waals surface area contributed by atoms with E-state index in [-0.39, 0.29) is 0 Å². The normalized spacial score (nSPS) is 9.88. The van der Waals surface area contributed by atoms with Gasteiger partial charge in [0, 0.05) is 22.6 Å². The maximum Gasteiger partial charge on any atom is 0.211 e. The smallest absolute Gasteiger partial charge is 0.211 e. The Morgan fingerprint density at radius 1 is 1.00 bits per heavy atom. The van der Waals surface area contributed by atoms with Crippen LogP contribution in [-0.2, 0) is 4.79 Å². The summed E-state index contributed by atoms with van der Waals surface area (Å²) < 4.78 is 0. The predicted octanol–water partition coefficient (Wildman–Crippen LogP) is 2.09. The van der Waals surface area contributed by atoms with Crippen molar-refractivity contribution in [2.24, 2.45) is 0 Å². The third-order valence-electron chi connectivity index (χ3n) is 2.50. The third-order valence-corrected chi connectivity index (χ3v) is 2.50. The van der Waals surface area contributed by atoms with Gasteiger partial charge in [0.25, 0.3) is 0 Å². The summed E-state index contributed by atoms with van der Waals surface area (Å²) in [4.78, 5) is 10.3. The molecule has 4 heteroatoms. The van der Waals surface area contributed by atoms with Crippen LogP contribution in [0.1, 0.15) is 0 Å². The summed E-state index contributed by atoms with van der Waals surface area (Å²) >= 11 is 0. The van der Waals surface area contributed by atoms with Crippen molar-refractivity contribution in [1.82, 2.24) is 0 Å². The molecule has 2 aromatic carbocycles. The van der Waals surface area contributed by atoms with Crippen molar-refractivity contribution in [1.29, 1.82) is 0 Å². The molecule has 17 heavy (non-hydrogen) atoms. The first-order valence-electron chi connectivity index (χ1n) is 5.16. The SMILES string of the molecule is Nc1ccc(N)c(-c2ccc(NC=O)cc2)c1. The first-order valence-corrected chi connectivity index (χ1v) is 5.16. The van der Waals surface area contributed by atoms with E-state index < -0.39 is 0 Å². The number of nitrogens with one attached hydrogen (secondary N) is 1. The van der Waals surface area contributed by atoms with E-state index in [1.807, 2.05) is 30.3 Å². The molecular weight excluding hydrogens is 214 g/mol.